The molecule has 2 aromatic carbocycles. The number of aromatic hydroxyl groups is 1. The van der Waals surface area contributed by atoms with Crippen LogP contribution in [0.15, 0.2) is 54.6 Å². The molecule has 0 spiro atoms. The number of hydrogen-bond acceptors (Lipinski definition) is 10. The summed E-state index contributed by atoms with van der Waals surface area (Å²) in [5.41, 5.74) is 6.70. The van der Waals surface area contributed by atoms with Gasteiger partial charge in [-0.3, -0.25) is 9.59 Å². The van der Waals surface area contributed by atoms with Crippen molar-refractivity contribution >= 4 is 29.5 Å². The monoisotopic (exact) mass is 643 g/mol. The van der Waals surface area contributed by atoms with Gasteiger partial charge >= 0.3 is 5.97 Å². The van der Waals surface area contributed by atoms with Crippen LogP contribution in [0.4, 0.5) is 5.69 Å². The summed E-state index contributed by atoms with van der Waals surface area (Å²) in [7, 11) is 0. The summed E-state index contributed by atoms with van der Waals surface area (Å²) in [6, 6.07) is 11.8. The Morgan fingerprint density at radius 1 is 0.913 bits per heavy atom. The molecule has 254 valence electrons. The Bertz CT molecular complexity index is 1210. The highest BCUT2D eigenvalue weighted by Crippen LogP contribution is 2.18. The number of aliphatic hydroxyl groups excluding tert-OH is 3. The summed E-state index contributed by atoms with van der Waals surface area (Å²) in [4.78, 5) is 38.3. The molecule has 0 fully saturated rings. The van der Waals surface area contributed by atoms with Gasteiger partial charge in [0.1, 0.15) is 35.9 Å². The number of rotatable bonds is 22. The number of nitrogens with one attached hydrogen (secondary N) is 2. The zero-order valence-electron chi connectivity index (χ0n) is 26.5. The van der Waals surface area contributed by atoms with Gasteiger partial charge in [-0.05, 0) is 73.8 Å². The summed E-state index contributed by atoms with van der Waals surface area (Å²) in [6.07, 6.45) is 4.72. The van der Waals surface area contributed by atoms with Crippen LogP contribution in [0.2, 0.25) is 0 Å². The van der Waals surface area contributed by atoms with Gasteiger partial charge in [0.05, 0.1) is 13.2 Å². The van der Waals surface area contributed by atoms with Gasteiger partial charge in [-0.2, -0.15) is 0 Å². The molecule has 2 rings (SSSR count). The molecule has 12 nitrogen and oxygen atoms in total. The second-order valence-electron chi connectivity index (χ2n) is 11.0. The van der Waals surface area contributed by atoms with E-state index in [4.69, 9.17) is 15.2 Å². The van der Waals surface area contributed by atoms with Crippen molar-refractivity contribution in [3.8, 4) is 11.5 Å². The highest BCUT2D eigenvalue weighted by molar-refractivity contribution is 5.97. The van der Waals surface area contributed by atoms with E-state index < -0.39 is 55.2 Å². The Hall–Kier alpha value is -3.97. The molecule has 46 heavy (non-hydrogen) atoms. The maximum Gasteiger partial charge on any atom is 0.331 e. The van der Waals surface area contributed by atoms with Crippen LogP contribution in [0, 0.1) is 0 Å². The molecule has 4 atom stereocenters. The molecular formula is C34H49N3O9. The predicted molar refractivity (Wildman–Crippen MR) is 175 cm³/mol. The van der Waals surface area contributed by atoms with Gasteiger partial charge in [0.2, 0.25) is 11.8 Å². The number of amides is 2. The fourth-order valence-corrected chi connectivity index (χ4v) is 4.46. The number of carbonyl (C=O) groups is 3. The Morgan fingerprint density at radius 2 is 1.59 bits per heavy atom. The SMILES string of the molecule is CCCCCCCCOc1ccc(NC(=O)C(CCCN)NC(=O)C(O)CC(OC(=O)/C=C/c2ccc(O)cc2)C(O)CO)cc1. The minimum atomic E-state index is -1.78. The molecule has 0 saturated carbocycles. The number of phenols is 1. The molecule has 0 heterocycles. The fraction of sp³-hybridized carbons (Fsp3) is 0.500. The smallest absolute Gasteiger partial charge is 0.331 e. The molecule has 0 aliphatic rings. The van der Waals surface area contributed by atoms with Crippen LogP contribution in [0.25, 0.3) is 6.08 Å². The molecule has 0 aliphatic heterocycles. The first-order chi connectivity index (χ1) is 22.2. The van der Waals surface area contributed by atoms with Gasteiger partial charge in [0, 0.05) is 18.2 Å². The average molecular weight is 644 g/mol. The minimum Gasteiger partial charge on any atom is -0.508 e. The standard InChI is InChI=1S/C34H49N3O9/c1-2-3-4-5-6-7-21-45-27-17-13-25(14-18-27)36-33(43)28(9-8-20-35)37-34(44)29(40)22-31(30(41)23-38)46-32(42)19-12-24-10-15-26(39)16-11-24/h10-19,28-31,38-41H,2-9,20-23,35H2,1H3,(H,36,43)(H,37,44)/b19-12+. The number of carbonyl (C=O) groups excluding carboxylic acids is 3. The van der Waals surface area contributed by atoms with Gasteiger partial charge in [-0.25, -0.2) is 4.79 Å². The van der Waals surface area contributed by atoms with E-state index in [1.54, 1.807) is 36.4 Å². The van der Waals surface area contributed by atoms with Gasteiger partial charge in [-0.15, -0.1) is 0 Å². The van der Waals surface area contributed by atoms with Crippen LogP contribution in [0.5, 0.6) is 11.5 Å². The third-order valence-corrected chi connectivity index (χ3v) is 7.17. The van der Waals surface area contributed by atoms with Crippen molar-refractivity contribution in [2.75, 3.05) is 25.1 Å². The Labute approximate surface area is 270 Å². The van der Waals surface area contributed by atoms with Crippen LogP contribution < -0.4 is 21.1 Å². The molecule has 2 aromatic rings. The molecule has 0 radical (unpaired) electrons. The number of esters is 1. The van der Waals surface area contributed by atoms with Gasteiger partial charge in [0.15, 0.2) is 0 Å². The van der Waals surface area contributed by atoms with Crippen molar-refractivity contribution in [2.45, 2.75) is 89.1 Å². The maximum absolute atomic E-state index is 13.1. The molecule has 0 aliphatic carbocycles. The number of nitrogens with two attached hydrogens (primary N) is 1. The molecule has 0 saturated heterocycles. The van der Waals surface area contributed by atoms with Crippen molar-refractivity contribution in [3.05, 3.63) is 60.2 Å². The summed E-state index contributed by atoms with van der Waals surface area (Å²) >= 11 is 0. The van der Waals surface area contributed by atoms with Crippen LogP contribution >= 0.6 is 0 Å². The highest BCUT2D eigenvalue weighted by atomic mass is 16.6. The lowest BCUT2D eigenvalue weighted by atomic mass is 10.0. The first kappa shape index (κ1) is 38.2. The highest BCUT2D eigenvalue weighted by Gasteiger charge is 2.30. The van der Waals surface area contributed by atoms with Crippen LogP contribution in [-0.4, -0.2) is 82.3 Å². The lowest BCUT2D eigenvalue weighted by Crippen LogP contribution is -2.49. The maximum atomic E-state index is 13.1. The number of unbranched alkanes of at least 4 members (excludes halogenated alkanes) is 5. The van der Waals surface area contributed by atoms with E-state index >= 15 is 0 Å². The molecule has 4 unspecified atom stereocenters. The fourth-order valence-electron chi connectivity index (χ4n) is 4.46. The van der Waals surface area contributed by atoms with Crippen molar-refractivity contribution in [1.29, 1.82) is 0 Å². The Balaban J connectivity index is 1.93. The third-order valence-electron chi connectivity index (χ3n) is 7.17. The normalized spacial score (nSPS) is 13.8. The van der Waals surface area contributed by atoms with Crippen molar-refractivity contribution < 1.29 is 44.3 Å². The number of ether oxygens (including phenoxy) is 2. The number of benzene rings is 2. The van der Waals surface area contributed by atoms with Crippen molar-refractivity contribution in [2.24, 2.45) is 5.73 Å². The van der Waals surface area contributed by atoms with E-state index in [1.807, 2.05) is 0 Å². The van der Waals surface area contributed by atoms with Crippen molar-refractivity contribution in [3.63, 3.8) is 0 Å². The van der Waals surface area contributed by atoms with E-state index in [0.717, 1.165) is 18.9 Å². The van der Waals surface area contributed by atoms with E-state index in [1.165, 1.54) is 43.9 Å². The van der Waals surface area contributed by atoms with Crippen molar-refractivity contribution in [1.82, 2.24) is 5.32 Å². The van der Waals surface area contributed by atoms with Gasteiger partial charge in [-0.1, -0.05) is 51.2 Å². The Kier molecular flexibility index (Phi) is 18.0. The zero-order valence-corrected chi connectivity index (χ0v) is 26.5. The number of anilines is 1. The number of phenolic OH excluding ortho intramolecular Hbond substituents is 1. The third kappa shape index (κ3) is 14.9. The zero-order chi connectivity index (χ0) is 33.7. The van der Waals surface area contributed by atoms with Crippen LogP contribution in [0.3, 0.4) is 0 Å². The topological polar surface area (TPSA) is 201 Å². The minimum absolute atomic E-state index is 0.0546. The average Bonchev–Trinajstić information content (AvgIpc) is 3.05. The van der Waals surface area contributed by atoms with E-state index in [-0.39, 0.29) is 18.7 Å². The second-order valence-corrected chi connectivity index (χ2v) is 11.0. The van der Waals surface area contributed by atoms with E-state index in [9.17, 15) is 34.8 Å². The molecular weight excluding hydrogens is 594 g/mol. The summed E-state index contributed by atoms with van der Waals surface area (Å²) in [6.45, 7) is 2.27. The predicted octanol–water partition coefficient (Wildman–Crippen LogP) is 3.02. The second kappa shape index (κ2) is 21.7. The number of hydrogen-bond donors (Lipinski definition) is 7. The van der Waals surface area contributed by atoms with E-state index in [0.29, 0.717) is 30.0 Å². The van der Waals surface area contributed by atoms with Gasteiger partial charge in [0.25, 0.3) is 0 Å². The Morgan fingerprint density at radius 3 is 2.24 bits per heavy atom. The summed E-state index contributed by atoms with van der Waals surface area (Å²) < 4.78 is 11.0. The lowest BCUT2D eigenvalue weighted by molar-refractivity contribution is -0.155. The molecule has 2 amide bonds. The quantitative estimate of drug-likeness (QED) is 0.0568. The van der Waals surface area contributed by atoms with Crippen LogP contribution in [0.1, 0.15) is 70.3 Å². The molecule has 0 bridgehead atoms. The van der Waals surface area contributed by atoms with Crippen LogP contribution in [-0.2, 0) is 19.1 Å². The largest absolute Gasteiger partial charge is 0.508 e. The number of aliphatic hydroxyl groups is 3. The summed E-state index contributed by atoms with van der Waals surface area (Å²) in [5.74, 6) is -1.61. The summed E-state index contributed by atoms with van der Waals surface area (Å²) in [5, 5.41) is 44.8. The first-order valence-electron chi connectivity index (χ1n) is 15.9. The lowest BCUT2D eigenvalue weighted by Gasteiger charge is -2.25. The molecule has 12 heteroatoms. The van der Waals surface area contributed by atoms with Gasteiger partial charge < -0.3 is 46.3 Å². The van der Waals surface area contributed by atoms with E-state index in [2.05, 4.69) is 17.6 Å². The molecule has 8 N–H and O–H groups in total. The first-order valence-corrected chi connectivity index (χ1v) is 15.9. The molecule has 0 aromatic heterocycles.